The van der Waals surface area contributed by atoms with E-state index >= 15 is 0 Å². The molecule has 3 nitrogen and oxygen atoms in total. The van der Waals surface area contributed by atoms with E-state index in [0.717, 1.165) is 32.6 Å². The van der Waals surface area contributed by atoms with Crippen molar-refractivity contribution >= 4 is 0 Å². The van der Waals surface area contributed by atoms with Crippen molar-refractivity contribution in [3.8, 4) is 0 Å². The van der Waals surface area contributed by atoms with E-state index in [2.05, 4.69) is 16.8 Å². The zero-order chi connectivity index (χ0) is 10.2. The highest BCUT2D eigenvalue weighted by Gasteiger charge is 2.14. The third-order valence-corrected chi connectivity index (χ3v) is 2.57. The number of likely N-dealkylation sites (tertiary alicyclic amines) is 1. The molecule has 82 valence electrons. The summed E-state index contributed by atoms with van der Waals surface area (Å²) < 4.78 is 0. The quantitative estimate of drug-likeness (QED) is 0.465. The largest absolute Gasteiger partial charge is 0.390 e. The topological polar surface area (TPSA) is 35.5 Å². The summed E-state index contributed by atoms with van der Waals surface area (Å²) in [6.07, 6.45) is 5.21. The van der Waals surface area contributed by atoms with Gasteiger partial charge >= 0.3 is 0 Å². The number of hydrogen-bond donors (Lipinski definition) is 2. The predicted molar refractivity (Wildman–Crippen MR) is 59.4 cm³/mol. The molecule has 1 aliphatic rings. The van der Waals surface area contributed by atoms with E-state index in [1.54, 1.807) is 0 Å². The standard InChI is InChI=1S/C11H22N2O/c1-2-3-6-12-9-11(14)10-13-7-4-5-8-13/h2,11-12,14H,1,3-10H2. The van der Waals surface area contributed by atoms with Crippen LogP contribution in [0.5, 0.6) is 0 Å². The number of aliphatic hydroxyl groups is 1. The third-order valence-electron chi connectivity index (χ3n) is 2.57. The van der Waals surface area contributed by atoms with Gasteiger partial charge in [0, 0.05) is 13.1 Å². The molecule has 0 spiro atoms. The van der Waals surface area contributed by atoms with Gasteiger partial charge < -0.3 is 15.3 Å². The first kappa shape index (κ1) is 11.7. The van der Waals surface area contributed by atoms with Crippen LogP contribution in [0.25, 0.3) is 0 Å². The lowest BCUT2D eigenvalue weighted by molar-refractivity contribution is 0.124. The average Bonchev–Trinajstić information content (AvgIpc) is 2.65. The molecule has 0 saturated carbocycles. The fourth-order valence-corrected chi connectivity index (χ4v) is 1.80. The number of β-amino-alcohol motifs (C(OH)–C–C–N with tert-alkyl or cyclic N) is 1. The molecule has 1 fully saturated rings. The van der Waals surface area contributed by atoms with Gasteiger partial charge in [-0.1, -0.05) is 6.08 Å². The molecule has 1 atom stereocenters. The Morgan fingerprint density at radius 1 is 1.43 bits per heavy atom. The van der Waals surface area contributed by atoms with Gasteiger partial charge in [0.05, 0.1) is 6.10 Å². The average molecular weight is 198 g/mol. The summed E-state index contributed by atoms with van der Waals surface area (Å²) in [4.78, 5) is 2.33. The van der Waals surface area contributed by atoms with Gasteiger partial charge in [0.25, 0.3) is 0 Å². The number of nitrogens with zero attached hydrogens (tertiary/aromatic N) is 1. The van der Waals surface area contributed by atoms with Crippen molar-refractivity contribution in [2.24, 2.45) is 0 Å². The van der Waals surface area contributed by atoms with Crippen LogP contribution < -0.4 is 5.32 Å². The minimum absolute atomic E-state index is 0.224. The lowest BCUT2D eigenvalue weighted by Crippen LogP contribution is -2.37. The zero-order valence-electron chi connectivity index (χ0n) is 8.91. The van der Waals surface area contributed by atoms with E-state index in [1.807, 2.05) is 6.08 Å². The number of rotatable bonds is 7. The molecule has 3 heteroatoms. The Hall–Kier alpha value is -0.380. The molecule has 0 aromatic heterocycles. The predicted octanol–water partition coefficient (Wildman–Crippen LogP) is 0.609. The van der Waals surface area contributed by atoms with Crippen LogP contribution in [0.2, 0.25) is 0 Å². The molecule has 1 rings (SSSR count). The summed E-state index contributed by atoms with van der Waals surface area (Å²) in [6.45, 7) is 8.40. The SMILES string of the molecule is C=CCCNCC(O)CN1CCCC1. The Bertz CT molecular complexity index is 155. The number of hydrogen-bond acceptors (Lipinski definition) is 3. The van der Waals surface area contributed by atoms with E-state index in [0.29, 0.717) is 6.54 Å². The first-order valence-electron chi connectivity index (χ1n) is 5.55. The molecule has 1 unspecified atom stereocenters. The second-order valence-electron chi connectivity index (χ2n) is 3.94. The summed E-state index contributed by atoms with van der Waals surface area (Å²) >= 11 is 0. The molecule has 0 amide bonds. The lowest BCUT2D eigenvalue weighted by atomic mass is 10.3. The maximum Gasteiger partial charge on any atom is 0.0791 e. The van der Waals surface area contributed by atoms with Crippen LogP contribution in [0, 0.1) is 0 Å². The zero-order valence-corrected chi connectivity index (χ0v) is 8.91. The van der Waals surface area contributed by atoms with Gasteiger partial charge in [0.1, 0.15) is 0 Å². The van der Waals surface area contributed by atoms with Crippen LogP contribution in [-0.2, 0) is 0 Å². The smallest absolute Gasteiger partial charge is 0.0791 e. The van der Waals surface area contributed by atoms with Crippen molar-refractivity contribution < 1.29 is 5.11 Å². The minimum Gasteiger partial charge on any atom is -0.390 e. The van der Waals surface area contributed by atoms with Crippen LogP contribution in [0.1, 0.15) is 19.3 Å². The van der Waals surface area contributed by atoms with Crippen LogP contribution in [0.4, 0.5) is 0 Å². The Balaban J connectivity index is 1.97. The highest BCUT2D eigenvalue weighted by atomic mass is 16.3. The molecule has 1 aliphatic heterocycles. The molecular weight excluding hydrogens is 176 g/mol. The molecule has 0 aromatic carbocycles. The summed E-state index contributed by atoms with van der Waals surface area (Å²) in [5.74, 6) is 0. The normalized spacial score (nSPS) is 19.8. The monoisotopic (exact) mass is 198 g/mol. The summed E-state index contributed by atoms with van der Waals surface area (Å²) in [5.41, 5.74) is 0. The first-order valence-corrected chi connectivity index (χ1v) is 5.55. The van der Waals surface area contributed by atoms with Gasteiger partial charge in [-0.3, -0.25) is 0 Å². The summed E-state index contributed by atoms with van der Waals surface area (Å²) in [5, 5.41) is 12.9. The van der Waals surface area contributed by atoms with Crippen molar-refractivity contribution in [1.29, 1.82) is 0 Å². The van der Waals surface area contributed by atoms with E-state index in [-0.39, 0.29) is 6.10 Å². The molecule has 0 aromatic rings. The molecule has 2 N–H and O–H groups in total. The minimum atomic E-state index is -0.224. The van der Waals surface area contributed by atoms with Crippen LogP contribution >= 0.6 is 0 Å². The summed E-state index contributed by atoms with van der Waals surface area (Å²) in [7, 11) is 0. The lowest BCUT2D eigenvalue weighted by Gasteiger charge is -2.19. The Labute approximate surface area is 86.8 Å². The molecule has 0 aliphatic carbocycles. The van der Waals surface area contributed by atoms with Gasteiger partial charge in [-0.15, -0.1) is 6.58 Å². The number of aliphatic hydroxyl groups excluding tert-OH is 1. The molecule has 0 bridgehead atoms. The maximum absolute atomic E-state index is 9.68. The van der Waals surface area contributed by atoms with E-state index in [9.17, 15) is 5.11 Å². The second kappa shape index (κ2) is 6.98. The van der Waals surface area contributed by atoms with Gasteiger partial charge in [0.15, 0.2) is 0 Å². The summed E-state index contributed by atoms with van der Waals surface area (Å²) in [6, 6.07) is 0. The molecule has 1 heterocycles. The third kappa shape index (κ3) is 4.74. The van der Waals surface area contributed by atoms with E-state index in [1.165, 1.54) is 12.8 Å². The van der Waals surface area contributed by atoms with E-state index in [4.69, 9.17) is 0 Å². The van der Waals surface area contributed by atoms with Gasteiger partial charge in [0.2, 0.25) is 0 Å². The molecule has 0 radical (unpaired) electrons. The highest BCUT2D eigenvalue weighted by Crippen LogP contribution is 2.07. The Morgan fingerprint density at radius 2 is 2.14 bits per heavy atom. The van der Waals surface area contributed by atoms with Crippen molar-refractivity contribution in [3.63, 3.8) is 0 Å². The van der Waals surface area contributed by atoms with Crippen LogP contribution in [0.3, 0.4) is 0 Å². The van der Waals surface area contributed by atoms with Gasteiger partial charge in [-0.2, -0.15) is 0 Å². The highest BCUT2D eigenvalue weighted by molar-refractivity contribution is 4.73. The van der Waals surface area contributed by atoms with Crippen molar-refractivity contribution in [1.82, 2.24) is 10.2 Å². The molecule has 14 heavy (non-hydrogen) atoms. The maximum atomic E-state index is 9.68. The van der Waals surface area contributed by atoms with Crippen LogP contribution in [-0.4, -0.2) is 48.8 Å². The molecule has 1 saturated heterocycles. The van der Waals surface area contributed by atoms with Crippen molar-refractivity contribution in [3.05, 3.63) is 12.7 Å². The molecular formula is C11H22N2O. The fourth-order valence-electron chi connectivity index (χ4n) is 1.80. The van der Waals surface area contributed by atoms with E-state index < -0.39 is 0 Å². The Morgan fingerprint density at radius 3 is 2.79 bits per heavy atom. The second-order valence-corrected chi connectivity index (χ2v) is 3.94. The Kier molecular flexibility index (Phi) is 5.83. The van der Waals surface area contributed by atoms with Gasteiger partial charge in [-0.05, 0) is 38.9 Å². The van der Waals surface area contributed by atoms with Crippen molar-refractivity contribution in [2.75, 3.05) is 32.7 Å². The van der Waals surface area contributed by atoms with Crippen LogP contribution in [0.15, 0.2) is 12.7 Å². The van der Waals surface area contributed by atoms with Crippen molar-refractivity contribution in [2.45, 2.75) is 25.4 Å². The first-order chi connectivity index (χ1) is 6.83. The fraction of sp³-hybridized carbons (Fsp3) is 0.818. The van der Waals surface area contributed by atoms with Gasteiger partial charge in [-0.25, -0.2) is 0 Å². The number of nitrogens with one attached hydrogen (secondary N) is 1.